The number of amides is 1. The van der Waals surface area contributed by atoms with Gasteiger partial charge in [0.05, 0.1) is 29.2 Å². The van der Waals surface area contributed by atoms with Crippen molar-refractivity contribution in [1.29, 1.82) is 5.26 Å². The molecule has 0 aliphatic rings. The van der Waals surface area contributed by atoms with Gasteiger partial charge in [0.1, 0.15) is 6.33 Å². The van der Waals surface area contributed by atoms with Crippen LogP contribution in [-0.2, 0) is 6.42 Å². The Labute approximate surface area is 169 Å². The van der Waals surface area contributed by atoms with Crippen LogP contribution in [0.25, 0.3) is 16.7 Å². The molecule has 1 heterocycles. The van der Waals surface area contributed by atoms with E-state index in [2.05, 4.69) is 48.4 Å². The molecule has 4 rings (SSSR count). The Balaban J connectivity index is 1.60. The van der Waals surface area contributed by atoms with E-state index in [9.17, 15) is 4.79 Å². The highest BCUT2D eigenvalue weighted by molar-refractivity contribution is 6.06. The first-order valence-electron chi connectivity index (χ1n) is 9.37. The Morgan fingerprint density at radius 2 is 1.86 bits per heavy atom. The molecule has 0 spiro atoms. The summed E-state index contributed by atoms with van der Waals surface area (Å²) in [6, 6.07) is 21.3. The summed E-state index contributed by atoms with van der Waals surface area (Å²) in [4.78, 5) is 17.1. The van der Waals surface area contributed by atoms with Crippen LogP contribution in [0.15, 0.2) is 67.0 Å². The second-order valence-corrected chi connectivity index (χ2v) is 7.09. The van der Waals surface area contributed by atoms with Gasteiger partial charge in [0.25, 0.3) is 5.91 Å². The fourth-order valence-corrected chi connectivity index (χ4v) is 3.33. The number of nitrogens with one attached hydrogen (secondary N) is 1. The molecule has 1 amide bonds. The topological polar surface area (TPSA) is 70.7 Å². The molecule has 1 N–H and O–H groups in total. The third-order valence-corrected chi connectivity index (χ3v) is 4.93. The van der Waals surface area contributed by atoms with Crippen molar-refractivity contribution in [1.82, 2.24) is 9.55 Å². The number of hydrogen-bond acceptors (Lipinski definition) is 3. The van der Waals surface area contributed by atoms with Crippen molar-refractivity contribution >= 4 is 22.6 Å². The first kappa shape index (κ1) is 18.5. The first-order valence-corrected chi connectivity index (χ1v) is 9.37. The van der Waals surface area contributed by atoms with Crippen LogP contribution in [0.3, 0.4) is 0 Å². The van der Waals surface area contributed by atoms with Gasteiger partial charge in [0.15, 0.2) is 0 Å². The predicted octanol–water partition coefficient (Wildman–Crippen LogP) is 4.96. The average Bonchev–Trinajstić information content (AvgIpc) is 3.14. The summed E-state index contributed by atoms with van der Waals surface area (Å²) in [5, 5.41) is 11.6. The summed E-state index contributed by atoms with van der Waals surface area (Å²) in [5.74, 6) is -0.193. The summed E-state index contributed by atoms with van der Waals surface area (Å²) in [5.41, 5.74) is 7.31. The van der Waals surface area contributed by atoms with Gasteiger partial charge in [-0.15, -0.1) is 0 Å². The van der Waals surface area contributed by atoms with Crippen molar-refractivity contribution in [3.05, 3.63) is 89.2 Å². The summed E-state index contributed by atoms with van der Waals surface area (Å²) >= 11 is 0. The highest BCUT2D eigenvalue weighted by Crippen LogP contribution is 2.23. The lowest BCUT2D eigenvalue weighted by atomic mass is 10.1. The minimum atomic E-state index is -0.193. The molecule has 0 aliphatic carbocycles. The number of aromatic nitrogens is 2. The van der Waals surface area contributed by atoms with E-state index in [-0.39, 0.29) is 5.91 Å². The number of carbonyl (C=O) groups is 1. The lowest BCUT2D eigenvalue weighted by molar-refractivity contribution is 0.102. The molecule has 0 saturated carbocycles. The van der Waals surface area contributed by atoms with Gasteiger partial charge in [0, 0.05) is 11.3 Å². The molecule has 1 aromatic heterocycles. The van der Waals surface area contributed by atoms with E-state index in [1.54, 1.807) is 24.5 Å². The standard InChI is InChI=1S/C24H20N4O/c1-16-3-4-17(2)23(13-16)28-15-26-21-14-19(7-10-22(21)28)24(29)27-20-8-5-18(6-9-20)11-12-25/h3-10,13-15H,11H2,1-2H3,(H,27,29). The third kappa shape index (κ3) is 3.74. The molecule has 142 valence electrons. The third-order valence-electron chi connectivity index (χ3n) is 4.93. The number of aryl methyl sites for hydroxylation is 2. The molecule has 5 heteroatoms. The average molecular weight is 380 g/mol. The normalized spacial score (nSPS) is 10.7. The Hall–Kier alpha value is -3.91. The molecule has 0 bridgehead atoms. The largest absolute Gasteiger partial charge is 0.322 e. The number of carbonyl (C=O) groups excluding carboxylic acids is 1. The fourth-order valence-electron chi connectivity index (χ4n) is 3.33. The van der Waals surface area contributed by atoms with Crippen molar-refractivity contribution in [3.8, 4) is 11.8 Å². The van der Waals surface area contributed by atoms with Gasteiger partial charge in [-0.2, -0.15) is 5.26 Å². The van der Waals surface area contributed by atoms with Crippen LogP contribution >= 0.6 is 0 Å². The van der Waals surface area contributed by atoms with Crippen molar-refractivity contribution in [2.24, 2.45) is 0 Å². The van der Waals surface area contributed by atoms with Gasteiger partial charge >= 0.3 is 0 Å². The van der Waals surface area contributed by atoms with E-state index in [0.29, 0.717) is 17.7 Å². The zero-order valence-electron chi connectivity index (χ0n) is 16.3. The van der Waals surface area contributed by atoms with E-state index < -0.39 is 0 Å². The number of nitrogens with zero attached hydrogens (tertiary/aromatic N) is 3. The smallest absolute Gasteiger partial charge is 0.255 e. The van der Waals surface area contributed by atoms with E-state index in [4.69, 9.17) is 5.26 Å². The molecule has 0 unspecified atom stereocenters. The molecule has 29 heavy (non-hydrogen) atoms. The van der Waals surface area contributed by atoms with Gasteiger partial charge in [-0.1, -0.05) is 24.3 Å². The maximum Gasteiger partial charge on any atom is 0.255 e. The lowest BCUT2D eigenvalue weighted by Crippen LogP contribution is -2.11. The van der Waals surface area contributed by atoms with Crippen LogP contribution in [-0.4, -0.2) is 15.5 Å². The Morgan fingerprint density at radius 1 is 1.07 bits per heavy atom. The molecule has 4 aromatic rings. The van der Waals surface area contributed by atoms with E-state index >= 15 is 0 Å². The summed E-state index contributed by atoms with van der Waals surface area (Å²) < 4.78 is 2.05. The van der Waals surface area contributed by atoms with E-state index in [1.165, 1.54) is 5.56 Å². The Bertz CT molecular complexity index is 1250. The van der Waals surface area contributed by atoms with Crippen LogP contribution < -0.4 is 5.32 Å². The number of fused-ring (bicyclic) bond motifs is 1. The molecule has 0 atom stereocenters. The van der Waals surface area contributed by atoms with E-state index in [1.807, 2.05) is 28.8 Å². The Morgan fingerprint density at radius 3 is 2.62 bits per heavy atom. The number of rotatable bonds is 4. The fraction of sp³-hybridized carbons (Fsp3) is 0.125. The Kier molecular flexibility index (Phi) is 4.84. The van der Waals surface area contributed by atoms with Gasteiger partial charge in [-0.3, -0.25) is 9.36 Å². The number of hydrogen-bond donors (Lipinski definition) is 1. The first-order chi connectivity index (χ1) is 14.0. The number of anilines is 1. The summed E-state index contributed by atoms with van der Waals surface area (Å²) in [6.45, 7) is 4.14. The molecule has 5 nitrogen and oxygen atoms in total. The predicted molar refractivity (Wildman–Crippen MR) is 114 cm³/mol. The van der Waals surface area contributed by atoms with Gasteiger partial charge in [-0.05, 0) is 66.9 Å². The SMILES string of the molecule is Cc1ccc(C)c(-n2cnc3cc(C(=O)Nc4ccc(CC#N)cc4)ccc32)c1. The molecular formula is C24H20N4O. The second-order valence-electron chi connectivity index (χ2n) is 7.09. The maximum absolute atomic E-state index is 12.6. The van der Waals surface area contributed by atoms with Gasteiger partial charge in [-0.25, -0.2) is 4.98 Å². The van der Waals surface area contributed by atoms with Crippen LogP contribution in [0.2, 0.25) is 0 Å². The van der Waals surface area contributed by atoms with Crippen LogP contribution in [0.5, 0.6) is 0 Å². The summed E-state index contributed by atoms with van der Waals surface area (Å²) in [6.07, 6.45) is 2.15. The molecule has 0 aliphatic heterocycles. The maximum atomic E-state index is 12.6. The van der Waals surface area contributed by atoms with Crippen LogP contribution in [0.4, 0.5) is 5.69 Å². The van der Waals surface area contributed by atoms with Crippen molar-refractivity contribution in [2.45, 2.75) is 20.3 Å². The van der Waals surface area contributed by atoms with Crippen molar-refractivity contribution in [3.63, 3.8) is 0 Å². The molecule has 0 radical (unpaired) electrons. The summed E-state index contributed by atoms with van der Waals surface area (Å²) in [7, 11) is 0. The van der Waals surface area contributed by atoms with Gasteiger partial charge in [0.2, 0.25) is 0 Å². The zero-order valence-corrected chi connectivity index (χ0v) is 16.3. The van der Waals surface area contributed by atoms with E-state index in [0.717, 1.165) is 27.8 Å². The van der Waals surface area contributed by atoms with Gasteiger partial charge < -0.3 is 5.32 Å². The quantitative estimate of drug-likeness (QED) is 0.544. The van der Waals surface area contributed by atoms with Crippen LogP contribution in [0, 0.1) is 25.2 Å². The minimum Gasteiger partial charge on any atom is -0.322 e. The highest BCUT2D eigenvalue weighted by atomic mass is 16.1. The molecule has 0 fully saturated rings. The second kappa shape index (κ2) is 7.61. The number of imidazole rings is 1. The highest BCUT2D eigenvalue weighted by Gasteiger charge is 2.12. The number of benzene rings is 3. The molecule has 3 aromatic carbocycles. The van der Waals surface area contributed by atoms with Crippen molar-refractivity contribution in [2.75, 3.05) is 5.32 Å². The zero-order chi connectivity index (χ0) is 20.4. The van der Waals surface area contributed by atoms with Crippen molar-refractivity contribution < 1.29 is 4.79 Å². The molecule has 0 saturated heterocycles. The molecular weight excluding hydrogens is 360 g/mol. The van der Waals surface area contributed by atoms with Crippen LogP contribution in [0.1, 0.15) is 27.0 Å². The monoisotopic (exact) mass is 380 g/mol. The lowest BCUT2D eigenvalue weighted by Gasteiger charge is -2.10. The minimum absolute atomic E-state index is 0.193. The number of nitriles is 1.